The Balaban J connectivity index is 2.33. The number of aromatic nitrogens is 3. The predicted octanol–water partition coefficient (Wildman–Crippen LogP) is 2.90. The minimum Gasteiger partial charge on any atom is -0.487 e. The first kappa shape index (κ1) is 13.4. The number of nitrogens with two attached hydrogens (primary N) is 1. The van der Waals surface area contributed by atoms with E-state index in [1.54, 1.807) is 6.20 Å². The predicted molar refractivity (Wildman–Crippen MR) is 76.0 cm³/mol. The lowest BCUT2D eigenvalue weighted by Gasteiger charge is -2.12. The summed E-state index contributed by atoms with van der Waals surface area (Å²) in [6, 6.07) is 4.18. The molecule has 2 aromatic heterocycles. The summed E-state index contributed by atoms with van der Waals surface area (Å²) in [5.74, 6) is 1.01. The molecular weight excluding hydrogens is 240 g/mol. The zero-order valence-corrected chi connectivity index (χ0v) is 11.8. The summed E-state index contributed by atoms with van der Waals surface area (Å²) >= 11 is 0. The molecule has 5 nitrogen and oxygen atoms in total. The monoisotopic (exact) mass is 260 g/mol. The highest BCUT2D eigenvalue weighted by Crippen LogP contribution is 2.27. The van der Waals surface area contributed by atoms with Gasteiger partial charge in [0.1, 0.15) is 0 Å². The van der Waals surface area contributed by atoms with Crippen LogP contribution < -0.4 is 10.5 Å². The lowest BCUT2D eigenvalue weighted by Crippen LogP contribution is -2.08. The van der Waals surface area contributed by atoms with E-state index in [2.05, 4.69) is 23.9 Å². The number of pyridine rings is 1. The van der Waals surface area contributed by atoms with Crippen molar-refractivity contribution in [1.82, 2.24) is 14.8 Å². The highest BCUT2D eigenvalue weighted by atomic mass is 16.5. The molecule has 102 valence electrons. The van der Waals surface area contributed by atoms with Gasteiger partial charge in [-0.15, -0.1) is 0 Å². The maximum Gasteiger partial charge on any atom is 0.166 e. The van der Waals surface area contributed by atoms with E-state index in [0.717, 1.165) is 11.3 Å². The molecular formula is C14H20N4O. The molecule has 0 aliphatic rings. The molecule has 0 unspecified atom stereocenters. The number of ether oxygens (including phenoxy) is 1. The fraction of sp³-hybridized carbons (Fsp3) is 0.429. The SMILES string of the molecule is CC(C)Oc1cc(-c2ccn(C(C)C)n2)cnc1N. The first-order valence-electron chi connectivity index (χ1n) is 6.45. The van der Waals surface area contributed by atoms with Crippen LogP contribution in [0.1, 0.15) is 33.7 Å². The average molecular weight is 260 g/mol. The molecule has 0 saturated heterocycles. The van der Waals surface area contributed by atoms with Gasteiger partial charge in [0.05, 0.1) is 11.8 Å². The molecule has 2 rings (SSSR count). The van der Waals surface area contributed by atoms with Gasteiger partial charge in [0.15, 0.2) is 11.6 Å². The smallest absolute Gasteiger partial charge is 0.166 e. The van der Waals surface area contributed by atoms with Crippen LogP contribution in [0.2, 0.25) is 0 Å². The number of nitrogen functional groups attached to an aromatic ring is 1. The van der Waals surface area contributed by atoms with Gasteiger partial charge in [0.2, 0.25) is 0 Å². The van der Waals surface area contributed by atoms with Crippen molar-refractivity contribution in [2.45, 2.75) is 39.8 Å². The third-order valence-corrected chi connectivity index (χ3v) is 2.68. The van der Waals surface area contributed by atoms with E-state index >= 15 is 0 Å². The van der Waals surface area contributed by atoms with Crippen molar-refractivity contribution in [3.63, 3.8) is 0 Å². The topological polar surface area (TPSA) is 66.0 Å². The summed E-state index contributed by atoms with van der Waals surface area (Å²) in [5.41, 5.74) is 7.58. The van der Waals surface area contributed by atoms with Gasteiger partial charge in [-0.3, -0.25) is 4.68 Å². The van der Waals surface area contributed by atoms with Crippen LogP contribution in [0.5, 0.6) is 5.75 Å². The van der Waals surface area contributed by atoms with Crippen LogP contribution in [0.15, 0.2) is 24.5 Å². The molecule has 0 atom stereocenters. The van der Waals surface area contributed by atoms with Crippen molar-refractivity contribution in [3.05, 3.63) is 24.5 Å². The largest absolute Gasteiger partial charge is 0.487 e. The molecule has 0 bridgehead atoms. The Hall–Kier alpha value is -2.04. The number of hydrogen-bond acceptors (Lipinski definition) is 4. The molecule has 0 fully saturated rings. The van der Waals surface area contributed by atoms with Crippen molar-refractivity contribution in [2.24, 2.45) is 0 Å². The summed E-state index contributed by atoms with van der Waals surface area (Å²) in [5, 5.41) is 4.51. The lowest BCUT2D eigenvalue weighted by atomic mass is 10.2. The van der Waals surface area contributed by atoms with Gasteiger partial charge in [-0.05, 0) is 39.8 Å². The van der Waals surface area contributed by atoms with E-state index in [9.17, 15) is 0 Å². The lowest BCUT2D eigenvalue weighted by molar-refractivity contribution is 0.243. The minimum atomic E-state index is 0.0626. The Morgan fingerprint density at radius 3 is 2.58 bits per heavy atom. The highest BCUT2D eigenvalue weighted by molar-refractivity contribution is 5.63. The third-order valence-electron chi connectivity index (χ3n) is 2.68. The van der Waals surface area contributed by atoms with E-state index in [1.165, 1.54) is 0 Å². The summed E-state index contributed by atoms with van der Waals surface area (Å²) in [6.45, 7) is 8.09. The average Bonchev–Trinajstić information content (AvgIpc) is 2.81. The van der Waals surface area contributed by atoms with E-state index in [1.807, 2.05) is 36.9 Å². The van der Waals surface area contributed by atoms with Gasteiger partial charge in [0.25, 0.3) is 0 Å². The van der Waals surface area contributed by atoms with Crippen LogP contribution in [0, 0.1) is 0 Å². The zero-order valence-electron chi connectivity index (χ0n) is 11.8. The second-order valence-corrected chi connectivity index (χ2v) is 5.05. The molecule has 0 spiro atoms. The summed E-state index contributed by atoms with van der Waals surface area (Å²) in [6.07, 6.45) is 3.74. The van der Waals surface area contributed by atoms with Crippen molar-refractivity contribution in [3.8, 4) is 17.0 Å². The Kier molecular flexibility index (Phi) is 3.74. The molecule has 0 saturated carbocycles. The van der Waals surface area contributed by atoms with Crippen molar-refractivity contribution >= 4 is 5.82 Å². The zero-order chi connectivity index (χ0) is 14.0. The number of rotatable bonds is 4. The summed E-state index contributed by atoms with van der Waals surface area (Å²) in [7, 11) is 0. The molecule has 2 heterocycles. The van der Waals surface area contributed by atoms with Crippen LogP contribution in [0.25, 0.3) is 11.3 Å². The van der Waals surface area contributed by atoms with Gasteiger partial charge in [0, 0.05) is 24.0 Å². The first-order valence-corrected chi connectivity index (χ1v) is 6.45. The second-order valence-electron chi connectivity index (χ2n) is 5.05. The maximum absolute atomic E-state index is 5.81. The number of nitrogens with zero attached hydrogens (tertiary/aromatic N) is 3. The molecule has 19 heavy (non-hydrogen) atoms. The van der Waals surface area contributed by atoms with Gasteiger partial charge >= 0.3 is 0 Å². The van der Waals surface area contributed by atoms with Crippen LogP contribution in [-0.4, -0.2) is 20.9 Å². The quantitative estimate of drug-likeness (QED) is 0.918. The van der Waals surface area contributed by atoms with Gasteiger partial charge < -0.3 is 10.5 Å². The van der Waals surface area contributed by atoms with Gasteiger partial charge in [-0.25, -0.2) is 4.98 Å². The third kappa shape index (κ3) is 3.05. The van der Waals surface area contributed by atoms with Crippen molar-refractivity contribution in [1.29, 1.82) is 0 Å². The minimum absolute atomic E-state index is 0.0626. The maximum atomic E-state index is 5.81. The highest BCUT2D eigenvalue weighted by Gasteiger charge is 2.10. The fourth-order valence-corrected chi connectivity index (χ4v) is 1.72. The molecule has 0 aromatic carbocycles. The van der Waals surface area contributed by atoms with E-state index in [-0.39, 0.29) is 6.10 Å². The van der Waals surface area contributed by atoms with Crippen LogP contribution >= 0.6 is 0 Å². The first-order chi connectivity index (χ1) is 8.97. The van der Waals surface area contributed by atoms with Crippen LogP contribution in [-0.2, 0) is 0 Å². The molecule has 5 heteroatoms. The molecule has 0 radical (unpaired) electrons. The Morgan fingerprint density at radius 1 is 1.26 bits per heavy atom. The summed E-state index contributed by atoms with van der Waals surface area (Å²) in [4.78, 5) is 4.17. The molecule has 0 aliphatic carbocycles. The van der Waals surface area contributed by atoms with Crippen LogP contribution in [0.4, 0.5) is 5.82 Å². The Labute approximate surface area is 113 Å². The number of anilines is 1. The van der Waals surface area contributed by atoms with Gasteiger partial charge in [-0.2, -0.15) is 5.10 Å². The Morgan fingerprint density at radius 2 is 2.00 bits per heavy atom. The number of hydrogen-bond donors (Lipinski definition) is 1. The van der Waals surface area contributed by atoms with Gasteiger partial charge in [-0.1, -0.05) is 0 Å². The van der Waals surface area contributed by atoms with Crippen molar-refractivity contribution < 1.29 is 4.74 Å². The fourth-order valence-electron chi connectivity index (χ4n) is 1.72. The summed E-state index contributed by atoms with van der Waals surface area (Å²) < 4.78 is 7.55. The molecule has 2 aromatic rings. The second kappa shape index (κ2) is 5.30. The van der Waals surface area contributed by atoms with E-state index in [0.29, 0.717) is 17.6 Å². The normalized spacial score (nSPS) is 11.3. The van der Waals surface area contributed by atoms with Crippen molar-refractivity contribution in [2.75, 3.05) is 5.73 Å². The van der Waals surface area contributed by atoms with E-state index < -0.39 is 0 Å². The van der Waals surface area contributed by atoms with Crippen LogP contribution in [0.3, 0.4) is 0 Å². The molecule has 0 aliphatic heterocycles. The standard InChI is InChI=1S/C14H20N4O/c1-9(2)18-6-5-12(17-18)11-7-13(19-10(3)4)14(15)16-8-11/h5-10H,1-4H3,(H2,15,16). The molecule has 0 amide bonds. The Bertz CT molecular complexity index is 560. The van der Waals surface area contributed by atoms with E-state index in [4.69, 9.17) is 10.5 Å². The molecule has 2 N–H and O–H groups in total.